The highest BCUT2D eigenvalue weighted by molar-refractivity contribution is 5.66. The van der Waals surface area contributed by atoms with Crippen molar-refractivity contribution in [2.45, 2.75) is 85.5 Å². The first-order valence-corrected chi connectivity index (χ1v) is 11.5. The molecule has 0 heterocycles. The van der Waals surface area contributed by atoms with Gasteiger partial charge in [0.2, 0.25) is 0 Å². The number of carbonyl (C=O) groups is 2. The van der Waals surface area contributed by atoms with Crippen molar-refractivity contribution in [3.8, 4) is 0 Å². The van der Waals surface area contributed by atoms with E-state index in [2.05, 4.69) is 13.8 Å². The summed E-state index contributed by atoms with van der Waals surface area (Å²) in [5, 5.41) is 0. The Hall–Kier alpha value is -1.06. The van der Waals surface area contributed by atoms with Crippen molar-refractivity contribution >= 4 is 11.9 Å². The Labute approximate surface area is 170 Å². The molecule has 0 amide bonds. The molecule has 0 aromatic carbocycles. The van der Waals surface area contributed by atoms with E-state index in [4.69, 9.17) is 9.47 Å². The van der Waals surface area contributed by atoms with Gasteiger partial charge in [0.15, 0.2) is 0 Å². The van der Waals surface area contributed by atoms with E-state index in [0.29, 0.717) is 41.8 Å². The number of fused-ring (bicyclic) bond motifs is 3. The first-order valence-electron chi connectivity index (χ1n) is 11.5. The molecule has 4 nitrogen and oxygen atoms in total. The highest BCUT2D eigenvalue weighted by Gasteiger charge is 2.64. The number of hydrogen-bond donors (Lipinski definition) is 0. The maximum absolute atomic E-state index is 11.5. The van der Waals surface area contributed by atoms with Crippen LogP contribution >= 0.6 is 0 Å². The molecule has 5 saturated carbocycles. The van der Waals surface area contributed by atoms with Crippen LogP contribution in [0.4, 0.5) is 0 Å². The van der Waals surface area contributed by atoms with Crippen molar-refractivity contribution in [3.05, 3.63) is 0 Å². The van der Waals surface area contributed by atoms with Crippen LogP contribution in [0.25, 0.3) is 0 Å². The van der Waals surface area contributed by atoms with Crippen LogP contribution in [0.2, 0.25) is 0 Å². The first kappa shape index (κ1) is 20.2. The fourth-order valence-electron chi connectivity index (χ4n) is 8.45. The third-order valence-corrected chi connectivity index (χ3v) is 9.56. The van der Waals surface area contributed by atoms with Gasteiger partial charge in [0.1, 0.15) is 0 Å². The summed E-state index contributed by atoms with van der Waals surface area (Å²) in [5.41, 5.74) is 0.926. The smallest absolute Gasteiger partial charge is 0.302 e. The molecule has 5 aliphatic rings. The first-order chi connectivity index (χ1) is 13.2. The molecular formula is C24H38O4. The largest absolute Gasteiger partial charge is 0.466 e. The molecule has 0 aromatic rings. The lowest BCUT2D eigenvalue weighted by Gasteiger charge is -2.69. The predicted octanol–water partition coefficient (Wildman–Crippen LogP) is 5.14. The predicted molar refractivity (Wildman–Crippen MR) is 107 cm³/mol. The third kappa shape index (κ3) is 3.19. The average molecular weight is 391 g/mol. The zero-order chi connectivity index (χ0) is 20.2. The summed E-state index contributed by atoms with van der Waals surface area (Å²) in [6.45, 7) is 9.21. The zero-order valence-electron chi connectivity index (χ0n) is 18.2. The molecule has 2 bridgehead atoms. The van der Waals surface area contributed by atoms with Crippen LogP contribution in [0.5, 0.6) is 0 Å². The van der Waals surface area contributed by atoms with E-state index in [1.54, 1.807) is 0 Å². The molecule has 5 fully saturated rings. The van der Waals surface area contributed by atoms with Gasteiger partial charge in [-0.3, -0.25) is 9.59 Å². The quantitative estimate of drug-likeness (QED) is 0.624. The van der Waals surface area contributed by atoms with Crippen LogP contribution in [0, 0.1) is 39.9 Å². The third-order valence-electron chi connectivity index (χ3n) is 9.56. The summed E-state index contributed by atoms with van der Waals surface area (Å²) in [7, 11) is 0. The maximum Gasteiger partial charge on any atom is 0.302 e. The minimum atomic E-state index is -0.147. The van der Waals surface area contributed by atoms with Crippen molar-refractivity contribution in [2.75, 3.05) is 13.2 Å². The Balaban J connectivity index is 1.56. The summed E-state index contributed by atoms with van der Waals surface area (Å²) in [5.74, 6) is 2.41. The minimum absolute atomic E-state index is 0.119. The summed E-state index contributed by atoms with van der Waals surface area (Å²) < 4.78 is 11.0. The number of rotatable bonds is 4. The Kier molecular flexibility index (Phi) is 5.07. The van der Waals surface area contributed by atoms with Gasteiger partial charge < -0.3 is 9.47 Å². The van der Waals surface area contributed by atoms with Crippen LogP contribution in [-0.2, 0) is 19.1 Å². The van der Waals surface area contributed by atoms with E-state index < -0.39 is 0 Å². The summed E-state index contributed by atoms with van der Waals surface area (Å²) in [6, 6.07) is 0. The fourth-order valence-corrected chi connectivity index (χ4v) is 8.45. The molecule has 0 unspecified atom stereocenters. The topological polar surface area (TPSA) is 52.6 Å². The molecule has 0 radical (unpaired) electrons. The average Bonchev–Trinajstić information content (AvgIpc) is 2.64. The van der Waals surface area contributed by atoms with E-state index >= 15 is 0 Å². The van der Waals surface area contributed by atoms with Gasteiger partial charge >= 0.3 is 11.9 Å². The second-order valence-electron chi connectivity index (χ2n) is 11.1. The molecule has 0 N–H and O–H groups in total. The van der Waals surface area contributed by atoms with E-state index in [9.17, 15) is 9.59 Å². The van der Waals surface area contributed by atoms with E-state index in [1.807, 2.05) is 0 Å². The molecule has 4 heteroatoms. The van der Waals surface area contributed by atoms with Gasteiger partial charge in [-0.1, -0.05) is 20.3 Å². The van der Waals surface area contributed by atoms with Crippen LogP contribution < -0.4 is 0 Å². The van der Waals surface area contributed by atoms with Crippen LogP contribution in [0.1, 0.15) is 85.5 Å². The Morgan fingerprint density at radius 1 is 0.929 bits per heavy atom. The summed E-state index contributed by atoms with van der Waals surface area (Å²) in [6.07, 6.45) is 11.5. The van der Waals surface area contributed by atoms with Gasteiger partial charge in [-0.2, -0.15) is 0 Å². The van der Waals surface area contributed by atoms with Crippen molar-refractivity contribution in [1.29, 1.82) is 0 Å². The van der Waals surface area contributed by atoms with Crippen LogP contribution in [0.3, 0.4) is 0 Å². The molecule has 1 spiro atoms. The standard InChI is InChI=1S/C24H38O4/c1-16(25)27-14-19-13-24-10-6-18(19)12-21(24)23(4)9-5-8-22(3,15-28-17(2)26)20(23)7-11-24/h18-21H,5-15H2,1-4H3/t18-,19-,20+,21-,22-,23+,24+/m0/s1. The number of carbonyl (C=O) groups excluding carboxylic acids is 2. The van der Waals surface area contributed by atoms with Gasteiger partial charge in [0.05, 0.1) is 13.2 Å². The SMILES string of the molecule is CC(=O)OC[C@@H]1C[C@]23CC[C@H]1C[C@H]2[C@]1(C)CCC[C@@](C)(COC(C)=O)[C@H]1CC3. The second-order valence-corrected chi connectivity index (χ2v) is 11.1. The molecular weight excluding hydrogens is 352 g/mol. The van der Waals surface area contributed by atoms with E-state index in [0.717, 1.165) is 5.92 Å². The highest BCUT2D eigenvalue weighted by atomic mass is 16.5. The highest BCUT2D eigenvalue weighted by Crippen LogP contribution is 2.72. The molecule has 5 rings (SSSR count). The minimum Gasteiger partial charge on any atom is -0.466 e. The molecule has 158 valence electrons. The van der Waals surface area contributed by atoms with Gasteiger partial charge in [-0.05, 0) is 85.9 Å². The summed E-state index contributed by atoms with van der Waals surface area (Å²) >= 11 is 0. The lowest BCUT2D eigenvalue weighted by Crippen LogP contribution is -2.61. The number of esters is 2. The normalized spacial score (nSPS) is 47.0. The van der Waals surface area contributed by atoms with Crippen LogP contribution in [-0.4, -0.2) is 25.2 Å². The molecule has 7 atom stereocenters. The fraction of sp³-hybridized carbons (Fsp3) is 0.917. The molecule has 5 aliphatic carbocycles. The Morgan fingerprint density at radius 3 is 2.36 bits per heavy atom. The van der Waals surface area contributed by atoms with Gasteiger partial charge in [-0.15, -0.1) is 0 Å². The Morgan fingerprint density at radius 2 is 1.64 bits per heavy atom. The van der Waals surface area contributed by atoms with Crippen molar-refractivity contribution in [1.82, 2.24) is 0 Å². The van der Waals surface area contributed by atoms with E-state index in [-0.39, 0.29) is 17.4 Å². The van der Waals surface area contributed by atoms with Crippen molar-refractivity contribution in [2.24, 2.45) is 39.9 Å². The van der Waals surface area contributed by atoms with Gasteiger partial charge in [0, 0.05) is 19.3 Å². The number of ether oxygens (including phenoxy) is 2. The lowest BCUT2D eigenvalue weighted by molar-refractivity contribution is -0.208. The molecule has 0 aliphatic heterocycles. The Bertz CT molecular complexity index is 645. The van der Waals surface area contributed by atoms with E-state index in [1.165, 1.54) is 71.6 Å². The molecule has 28 heavy (non-hydrogen) atoms. The van der Waals surface area contributed by atoms with Crippen molar-refractivity contribution in [3.63, 3.8) is 0 Å². The van der Waals surface area contributed by atoms with Crippen LogP contribution in [0.15, 0.2) is 0 Å². The number of hydrogen-bond acceptors (Lipinski definition) is 4. The monoisotopic (exact) mass is 390 g/mol. The zero-order valence-corrected chi connectivity index (χ0v) is 18.2. The molecule has 0 aromatic heterocycles. The maximum atomic E-state index is 11.5. The van der Waals surface area contributed by atoms with Gasteiger partial charge in [0.25, 0.3) is 0 Å². The van der Waals surface area contributed by atoms with Gasteiger partial charge in [-0.25, -0.2) is 0 Å². The second kappa shape index (κ2) is 7.02. The van der Waals surface area contributed by atoms with Crippen molar-refractivity contribution < 1.29 is 19.1 Å². The summed E-state index contributed by atoms with van der Waals surface area (Å²) in [4.78, 5) is 22.8. The molecule has 0 saturated heterocycles. The lowest BCUT2D eigenvalue weighted by atomic mass is 9.36.